The third kappa shape index (κ3) is 4.00. The van der Waals surface area contributed by atoms with Crippen molar-refractivity contribution in [3.63, 3.8) is 0 Å². The van der Waals surface area contributed by atoms with Gasteiger partial charge in [-0.25, -0.2) is 0 Å². The first kappa shape index (κ1) is 16.4. The number of carbonyl (C=O) groups excluding carboxylic acids is 1. The summed E-state index contributed by atoms with van der Waals surface area (Å²) in [6.45, 7) is 3.61. The lowest BCUT2D eigenvalue weighted by atomic mass is 10.3. The number of hydrogen-bond donors (Lipinski definition) is 0. The topological polar surface area (TPSA) is 68.5 Å². The molecule has 7 heteroatoms. The molecule has 1 aromatic heterocycles. The maximum atomic E-state index is 12.3. The highest BCUT2D eigenvalue weighted by Gasteiger charge is 2.22. The zero-order chi connectivity index (χ0) is 16.1. The van der Waals surface area contributed by atoms with E-state index in [1.165, 1.54) is 11.8 Å². The van der Waals surface area contributed by atoms with Crippen LogP contribution in [0.5, 0.6) is 5.75 Å². The number of ether oxygens (including phenoxy) is 1. The van der Waals surface area contributed by atoms with Crippen molar-refractivity contribution in [1.82, 2.24) is 15.0 Å². The van der Waals surface area contributed by atoms with E-state index in [0.717, 1.165) is 10.6 Å². The number of aryl methyl sites for hydroxylation is 1. The van der Waals surface area contributed by atoms with Crippen molar-refractivity contribution >= 4 is 17.7 Å². The predicted molar refractivity (Wildman–Crippen MR) is 83.9 cm³/mol. The monoisotopic (exact) mass is 321 g/mol. The second kappa shape index (κ2) is 7.31. The Kier molecular flexibility index (Phi) is 5.43. The molecule has 22 heavy (non-hydrogen) atoms. The van der Waals surface area contributed by atoms with Gasteiger partial charge in [-0.3, -0.25) is 4.79 Å². The fraction of sp³-hybridized carbons (Fsp3) is 0.400. The highest BCUT2D eigenvalue weighted by Crippen LogP contribution is 2.24. The molecule has 0 saturated carbocycles. The van der Waals surface area contributed by atoms with E-state index in [1.54, 1.807) is 26.0 Å². The first-order valence-electron chi connectivity index (χ1n) is 6.84. The Morgan fingerprint density at radius 2 is 2.27 bits per heavy atom. The molecule has 0 aliphatic rings. The molecule has 1 heterocycles. The number of hydrogen-bond acceptors (Lipinski definition) is 6. The Balaban J connectivity index is 1.93. The molecule has 0 bridgehead atoms. The van der Waals surface area contributed by atoms with Crippen molar-refractivity contribution in [2.75, 3.05) is 19.9 Å². The van der Waals surface area contributed by atoms with Crippen LogP contribution < -0.4 is 4.74 Å². The Morgan fingerprint density at radius 1 is 1.50 bits per heavy atom. The molecule has 0 saturated heterocycles. The summed E-state index contributed by atoms with van der Waals surface area (Å²) in [4.78, 5) is 19.0. The predicted octanol–water partition coefficient (Wildman–Crippen LogP) is 2.70. The van der Waals surface area contributed by atoms with Crippen LogP contribution in [-0.2, 0) is 4.79 Å². The first-order chi connectivity index (χ1) is 10.5. The molecule has 2 aromatic rings. The summed E-state index contributed by atoms with van der Waals surface area (Å²) >= 11 is 1.47. The molecule has 0 aliphatic heterocycles. The lowest BCUT2D eigenvalue weighted by Crippen LogP contribution is -2.31. The molecule has 1 aromatic carbocycles. The Bertz CT molecular complexity index is 644. The van der Waals surface area contributed by atoms with E-state index in [-0.39, 0.29) is 11.9 Å². The number of carbonyl (C=O) groups is 1. The van der Waals surface area contributed by atoms with Crippen LogP contribution in [0.4, 0.5) is 0 Å². The molecule has 1 unspecified atom stereocenters. The zero-order valence-corrected chi connectivity index (χ0v) is 13.9. The van der Waals surface area contributed by atoms with Gasteiger partial charge in [-0.1, -0.05) is 11.2 Å². The van der Waals surface area contributed by atoms with E-state index < -0.39 is 0 Å². The van der Waals surface area contributed by atoms with E-state index in [9.17, 15) is 4.79 Å². The average molecular weight is 321 g/mol. The van der Waals surface area contributed by atoms with Crippen molar-refractivity contribution in [1.29, 1.82) is 0 Å². The minimum absolute atomic E-state index is 0.00354. The highest BCUT2D eigenvalue weighted by atomic mass is 32.2. The standard InChI is InChI=1S/C15H19N3O3S/c1-10(15-16-11(2)17-21-15)18(3)14(19)9-22-13-7-5-6-12(8-13)20-4/h5-8,10H,9H2,1-4H3. The van der Waals surface area contributed by atoms with Gasteiger partial charge >= 0.3 is 0 Å². The van der Waals surface area contributed by atoms with Gasteiger partial charge in [0.05, 0.1) is 12.9 Å². The summed E-state index contributed by atoms with van der Waals surface area (Å²) in [5.74, 6) is 2.12. The minimum Gasteiger partial charge on any atom is -0.497 e. The molecule has 0 spiro atoms. The summed E-state index contributed by atoms with van der Waals surface area (Å²) in [6.07, 6.45) is 0. The van der Waals surface area contributed by atoms with Gasteiger partial charge < -0.3 is 14.2 Å². The normalized spacial score (nSPS) is 12.0. The molecular weight excluding hydrogens is 302 g/mol. The zero-order valence-electron chi connectivity index (χ0n) is 13.1. The molecule has 0 N–H and O–H groups in total. The Morgan fingerprint density at radius 3 is 2.91 bits per heavy atom. The maximum absolute atomic E-state index is 12.3. The van der Waals surface area contributed by atoms with Crippen molar-refractivity contribution < 1.29 is 14.1 Å². The third-order valence-corrected chi connectivity index (χ3v) is 4.26. The quantitative estimate of drug-likeness (QED) is 0.762. The van der Waals surface area contributed by atoms with Crippen LogP contribution in [0.3, 0.4) is 0 Å². The van der Waals surface area contributed by atoms with Crippen LogP contribution >= 0.6 is 11.8 Å². The highest BCUT2D eigenvalue weighted by molar-refractivity contribution is 8.00. The van der Waals surface area contributed by atoms with Crippen molar-refractivity contribution in [2.45, 2.75) is 24.8 Å². The minimum atomic E-state index is -0.250. The molecule has 6 nitrogen and oxygen atoms in total. The number of amides is 1. The van der Waals surface area contributed by atoms with Crippen LogP contribution in [0.2, 0.25) is 0 Å². The number of aromatic nitrogens is 2. The lowest BCUT2D eigenvalue weighted by Gasteiger charge is -2.21. The summed E-state index contributed by atoms with van der Waals surface area (Å²) in [5.41, 5.74) is 0. The van der Waals surface area contributed by atoms with Gasteiger partial charge in [-0.05, 0) is 32.0 Å². The summed E-state index contributed by atoms with van der Waals surface area (Å²) in [5, 5.41) is 3.75. The molecular formula is C15H19N3O3S. The lowest BCUT2D eigenvalue weighted by molar-refractivity contribution is -0.129. The smallest absolute Gasteiger partial charge is 0.249 e. The number of thioether (sulfide) groups is 1. The van der Waals surface area contributed by atoms with Crippen LogP contribution in [0.25, 0.3) is 0 Å². The van der Waals surface area contributed by atoms with Crippen LogP contribution in [0.15, 0.2) is 33.7 Å². The average Bonchev–Trinajstić information content (AvgIpc) is 2.97. The second-order valence-corrected chi connectivity index (χ2v) is 5.88. The fourth-order valence-electron chi connectivity index (χ4n) is 1.80. The van der Waals surface area contributed by atoms with Gasteiger partial charge in [0.1, 0.15) is 11.8 Å². The number of nitrogens with zero attached hydrogens (tertiary/aromatic N) is 3. The number of benzene rings is 1. The van der Waals surface area contributed by atoms with Gasteiger partial charge in [-0.15, -0.1) is 11.8 Å². The molecule has 0 fully saturated rings. The van der Waals surface area contributed by atoms with Crippen molar-refractivity contribution in [3.05, 3.63) is 36.0 Å². The Hall–Kier alpha value is -2.02. The number of methoxy groups -OCH3 is 1. The fourth-order valence-corrected chi connectivity index (χ4v) is 2.67. The van der Waals surface area contributed by atoms with Gasteiger partial charge in [0, 0.05) is 11.9 Å². The Labute approximate surface area is 133 Å². The van der Waals surface area contributed by atoms with Gasteiger partial charge in [0.25, 0.3) is 0 Å². The second-order valence-electron chi connectivity index (χ2n) is 4.83. The maximum Gasteiger partial charge on any atom is 0.249 e. The van der Waals surface area contributed by atoms with Crippen molar-refractivity contribution in [3.8, 4) is 5.75 Å². The van der Waals surface area contributed by atoms with Gasteiger partial charge in [0.15, 0.2) is 5.82 Å². The SMILES string of the molecule is COc1cccc(SCC(=O)N(C)C(C)c2nc(C)no2)c1. The molecule has 118 valence electrons. The summed E-state index contributed by atoms with van der Waals surface area (Å²) in [7, 11) is 3.36. The molecule has 1 amide bonds. The van der Waals surface area contributed by atoms with E-state index in [1.807, 2.05) is 31.2 Å². The van der Waals surface area contributed by atoms with E-state index in [4.69, 9.17) is 9.26 Å². The van der Waals surface area contributed by atoms with Gasteiger partial charge in [-0.2, -0.15) is 4.98 Å². The molecule has 2 rings (SSSR count). The van der Waals surface area contributed by atoms with Gasteiger partial charge in [0.2, 0.25) is 11.8 Å². The van der Waals surface area contributed by atoms with E-state index in [0.29, 0.717) is 17.5 Å². The number of rotatable bonds is 6. The first-order valence-corrected chi connectivity index (χ1v) is 7.82. The molecule has 0 radical (unpaired) electrons. The van der Waals surface area contributed by atoms with Crippen LogP contribution in [0, 0.1) is 6.92 Å². The third-order valence-electron chi connectivity index (χ3n) is 3.28. The largest absolute Gasteiger partial charge is 0.497 e. The summed E-state index contributed by atoms with van der Waals surface area (Å²) in [6, 6.07) is 7.38. The molecule has 1 atom stereocenters. The van der Waals surface area contributed by atoms with Crippen LogP contribution in [0.1, 0.15) is 24.7 Å². The van der Waals surface area contributed by atoms with Crippen molar-refractivity contribution in [2.24, 2.45) is 0 Å². The van der Waals surface area contributed by atoms with E-state index >= 15 is 0 Å². The van der Waals surface area contributed by atoms with E-state index in [2.05, 4.69) is 10.1 Å². The molecule has 0 aliphatic carbocycles. The summed E-state index contributed by atoms with van der Waals surface area (Å²) < 4.78 is 10.3. The van der Waals surface area contributed by atoms with Crippen LogP contribution in [-0.4, -0.2) is 40.9 Å².